The maximum atomic E-state index is 5.16. The summed E-state index contributed by atoms with van der Waals surface area (Å²) in [6.07, 6.45) is 10.8. The van der Waals surface area contributed by atoms with Crippen molar-refractivity contribution in [3.63, 3.8) is 0 Å². The molecule has 0 aromatic carbocycles. The Morgan fingerprint density at radius 2 is 2.00 bits per heavy atom. The summed E-state index contributed by atoms with van der Waals surface area (Å²) in [6.45, 7) is 4.17. The summed E-state index contributed by atoms with van der Waals surface area (Å²) in [5.74, 6) is 0.699. The van der Waals surface area contributed by atoms with Crippen molar-refractivity contribution in [3.8, 4) is 11.4 Å². The molecular formula is C17H25N5O. The van der Waals surface area contributed by atoms with Crippen LogP contribution in [0.15, 0.2) is 24.9 Å². The zero-order valence-electron chi connectivity index (χ0n) is 14.0. The summed E-state index contributed by atoms with van der Waals surface area (Å²) in [5, 5.41) is 0. The molecule has 6 nitrogen and oxygen atoms in total. The lowest BCUT2D eigenvalue weighted by Gasteiger charge is -2.31. The Morgan fingerprint density at radius 1 is 1.17 bits per heavy atom. The van der Waals surface area contributed by atoms with Crippen LogP contribution in [0.25, 0.3) is 11.4 Å². The van der Waals surface area contributed by atoms with Gasteiger partial charge in [-0.05, 0) is 38.3 Å². The molecule has 23 heavy (non-hydrogen) atoms. The molecule has 3 heterocycles. The smallest absolute Gasteiger partial charge is 0.107 e. The molecular weight excluding hydrogens is 290 g/mol. The zero-order valence-corrected chi connectivity index (χ0v) is 14.0. The number of aryl methyl sites for hydroxylation is 1. The highest BCUT2D eigenvalue weighted by Crippen LogP contribution is 2.22. The Hall–Kier alpha value is -1.79. The monoisotopic (exact) mass is 315 g/mol. The largest absolute Gasteiger partial charge is 0.383 e. The number of aromatic nitrogens is 4. The molecule has 2 aromatic rings. The van der Waals surface area contributed by atoms with Gasteiger partial charge in [0.25, 0.3) is 0 Å². The summed E-state index contributed by atoms with van der Waals surface area (Å²) in [7, 11) is 3.74. The molecule has 0 unspecified atom stereocenters. The van der Waals surface area contributed by atoms with E-state index in [1.807, 2.05) is 30.2 Å². The summed E-state index contributed by atoms with van der Waals surface area (Å²) in [5.41, 5.74) is 2.99. The average Bonchev–Trinajstić information content (AvgIpc) is 3.01. The molecule has 2 aromatic heterocycles. The lowest BCUT2D eigenvalue weighted by atomic mass is 9.92. The minimum absolute atomic E-state index is 0.699. The normalized spacial score (nSPS) is 16.8. The first-order valence-corrected chi connectivity index (χ1v) is 8.25. The predicted octanol–water partition coefficient (Wildman–Crippen LogP) is 1.78. The molecule has 124 valence electrons. The molecule has 0 N–H and O–H groups in total. The van der Waals surface area contributed by atoms with Crippen molar-refractivity contribution >= 4 is 0 Å². The number of nitrogens with zero attached hydrogens (tertiary/aromatic N) is 5. The average molecular weight is 315 g/mol. The van der Waals surface area contributed by atoms with E-state index in [9.17, 15) is 0 Å². The van der Waals surface area contributed by atoms with Crippen molar-refractivity contribution < 1.29 is 4.74 Å². The molecule has 1 aliphatic heterocycles. The minimum atomic E-state index is 0.699. The van der Waals surface area contributed by atoms with E-state index in [4.69, 9.17) is 9.72 Å². The first kappa shape index (κ1) is 16.1. The fraction of sp³-hybridized carbons (Fsp3) is 0.588. The van der Waals surface area contributed by atoms with E-state index in [0.29, 0.717) is 5.92 Å². The lowest BCUT2D eigenvalue weighted by Crippen LogP contribution is -2.36. The first-order valence-electron chi connectivity index (χ1n) is 8.25. The van der Waals surface area contributed by atoms with Crippen molar-refractivity contribution in [2.24, 2.45) is 13.0 Å². The molecule has 0 radical (unpaired) electrons. The summed E-state index contributed by atoms with van der Waals surface area (Å²) in [6, 6.07) is 0. The fourth-order valence-electron chi connectivity index (χ4n) is 3.16. The molecule has 1 fully saturated rings. The minimum Gasteiger partial charge on any atom is -0.383 e. The van der Waals surface area contributed by atoms with E-state index in [1.54, 1.807) is 13.4 Å². The maximum absolute atomic E-state index is 5.16. The van der Waals surface area contributed by atoms with Crippen molar-refractivity contribution in [1.29, 1.82) is 0 Å². The third-order valence-corrected chi connectivity index (χ3v) is 4.58. The topological polar surface area (TPSA) is 56.1 Å². The van der Waals surface area contributed by atoms with Crippen LogP contribution in [0.5, 0.6) is 0 Å². The van der Waals surface area contributed by atoms with E-state index in [2.05, 4.69) is 14.9 Å². The number of ether oxygens (including phenoxy) is 1. The maximum Gasteiger partial charge on any atom is 0.107 e. The molecule has 1 aliphatic rings. The Kier molecular flexibility index (Phi) is 5.35. The van der Waals surface area contributed by atoms with Gasteiger partial charge in [-0.2, -0.15) is 0 Å². The van der Waals surface area contributed by atoms with Crippen LogP contribution in [0.4, 0.5) is 0 Å². The van der Waals surface area contributed by atoms with E-state index >= 15 is 0 Å². The van der Waals surface area contributed by atoms with Crippen molar-refractivity contribution in [3.05, 3.63) is 30.6 Å². The summed E-state index contributed by atoms with van der Waals surface area (Å²) < 4.78 is 7.13. The summed E-state index contributed by atoms with van der Waals surface area (Å²) in [4.78, 5) is 15.8. The number of piperidine rings is 1. The number of imidazole rings is 1. The van der Waals surface area contributed by atoms with Crippen molar-refractivity contribution in [2.45, 2.75) is 19.3 Å². The third-order valence-electron chi connectivity index (χ3n) is 4.58. The van der Waals surface area contributed by atoms with Crippen LogP contribution in [0.3, 0.4) is 0 Å². The number of hydrogen-bond acceptors (Lipinski definition) is 5. The SMILES string of the molecule is COCCN1CCC(Cc2cncc(-c3cncn3C)n2)CC1. The van der Waals surface area contributed by atoms with Crippen LogP contribution >= 0.6 is 0 Å². The molecule has 0 amide bonds. The van der Waals surface area contributed by atoms with E-state index in [-0.39, 0.29) is 0 Å². The number of rotatable bonds is 6. The van der Waals surface area contributed by atoms with Gasteiger partial charge in [0.2, 0.25) is 0 Å². The van der Waals surface area contributed by atoms with Gasteiger partial charge in [0.05, 0.1) is 36.7 Å². The van der Waals surface area contributed by atoms with Gasteiger partial charge in [0.1, 0.15) is 5.69 Å². The van der Waals surface area contributed by atoms with Gasteiger partial charge in [-0.1, -0.05) is 0 Å². The van der Waals surface area contributed by atoms with E-state index in [0.717, 1.165) is 49.7 Å². The van der Waals surface area contributed by atoms with Gasteiger partial charge in [0, 0.05) is 26.9 Å². The lowest BCUT2D eigenvalue weighted by molar-refractivity contribution is 0.120. The molecule has 1 saturated heterocycles. The Labute approximate surface area is 137 Å². The van der Waals surface area contributed by atoms with E-state index < -0.39 is 0 Å². The van der Waals surface area contributed by atoms with Gasteiger partial charge >= 0.3 is 0 Å². The van der Waals surface area contributed by atoms with Gasteiger partial charge in [-0.15, -0.1) is 0 Å². The number of methoxy groups -OCH3 is 1. The van der Waals surface area contributed by atoms with Gasteiger partial charge in [-0.3, -0.25) is 4.98 Å². The highest BCUT2D eigenvalue weighted by Gasteiger charge is 2.20. The predicted molar refractivity (Wildman–Crippen MR) is 89.0 cm³/mol. The van der Waals surface area contributed by atoms with Crippen LogP contribution in [-0.2, 0) is 18.2 Å². The van der Waals surface area contributed by atoms with Gasteiger partial charge in [0.15, 0.2) is 0 Å². The quantitative estimate of drug-likeness (QED) is 0.813. The molecule has 0 aliphatic carbocycles. The van der Waals surface area contributed by atoms with Crippen LogP contribution < -0.4 is 0 Å². The van der Waals surface area contributed by atoms with Crippen LogP contribution in [0, 0.1) is 5.92 Å². The zero-order chi connectivity index (χ0) is 16.1. The third kappa shape index (κ3) is 4.14. The summed E-state index contributed by atoms with van der Waals surface area (Å²) >= 11 is 0. The van der Waals surface area contributed by atoms with Gasteiger partial charge in [-0.25, -0.2) is 9.97 Å². The second kappa shape index (κ2) is 7.66. The second-order valence-corrected chi connectivity index (χ2v) is 6.27. The van der Waals surface area contributed by atoms with Crippen LogP contribution in [0.2, 0.25) is 0 Å². The van der Waals surface area contributed by atoms with Crippen molar-refractivity contribution in [2.75, 3.05) is 33.4 Å². The Balaban J connectivity index is 1.58. The molecule has 0 spiro atoms. The van der Waals surface area contributed by atoms with Crippen molar-refractivity contribution in [1.82, 2.24) is 24.4 Å². The highest BCUT2D eigenvalue weighted by atomic mass is 16.5. The highest BCUT2D eigenvalue weighted by molar-refractivity contribution is 5.52. The first-order chi connectivity index (χ1) is 11.3. The molecule has 0 atom stereocenters. The number of likely N-dealkylation sites (tertiary alicyclic amines) is 1. The number of hydrogen-bond donors (Lipinski definition) is 0. The molecule has 6 heteroatoms. The Morgan fingerprint density at radius 3 is 2.70 bits per heavy atom. The van der Waals surface area contributed by atoms with Crippen LogP contribution in [0.1, 0.15) is 18.5 Å². The fourth-order valence-corrected chi connectivity index (χ4v) is 3.16. The molecule has 0 saturated carbocycles. The standard InChI is InChI=1S/C17H25N5O/c1-21-13-19-12-17(21)16-11-18-10-15(20-16)9-14-3-5-22(6-4-14)7-8-23-2/h10-14H,3-9H2,1-2H3. The van der Waals surface area contributed by atoms with Crippen LogP contribution in [-0.4, -0.2) is 57.8 Å². The second-order valence-electron chi connectivity index (χ2n) is 6.27. The molecule has 0 bridgehead atoms. The van der Waals surface area contributed by atoms with E-state index in [1.165, 1.54) is 12.8 Å². The Bertz CT molecular complexity index is 619. The molecule has 3 rings (SSSR count). The van der Waals surface area contributed by atoms with Gasteiger partial charge < -0.3 is 14.2 Å².